The van der Waals surface area contributed by atoms with Crippen molar-refractivity contribution in [2.24, 2.45) is 16.3 Å². The van der Waals surface area contributed by atoms with Crippen molar-refractivity contribution in [2.75, 3.05) is 13.1 Å². The van der Waals surface area contributed by atoms with Crippen LogP contribution < -0.4 is 10.6 Å². The van der Waals surface area contributed by atoms with E-state index in [1.807, 2.05) is 0 Å². The smallest absolute Gasteiger partial charge is 0.191 e. The highest BCUT2D eigenvalue weighted by atomic mass is 15.2. The van der Waals surface area contributed by atoms with Gasteiger partial charge in [0.25, 0.3) is 0 Å². The van der Waals surface area contributed by atoms with Gasteiger partial charge >= 0.3 is 0 Å². The van der Waals surface area contributed by atoms with Gasteiger partial charge in [-0.15, -0.1) is 0 Å². The fourth-order valence-electron chi connectivity index (χ4n) is 1.66. The van der Waals surface area contributed by atoms with Gasteiger partial charge in [0, 0.05) is 19.1 Å². The molecule has 2 unspecified atom stereocenters. The van der Waals surface area contributed by atoms with Crippen molar-refractivity contribution >= 4 is 5.96 Å². The second kappa shape index (κ2) is 4.03. The van der Waals surface area contributed by atoms with Crippen LogP contribution in [0.5, 0.6) is 0 Å². The van der Waals surface area contributed by atoms with Crippen LogP contribution in [0.4, 0.5) is 0 Å². The summed E-state index contributed by atoms with van der Waals surface area (Å²) in [4.78, 5) is 4.66. The summed E-state index contributed by atoms with van der Waals surface area (Å²) in [5.41, 5.74) is 0.511. The third-order valence-electron chi connectivity index (χ3n) is 3.50. The van der Waals surface area contributed by atoms with E-state index in [-0.39, 0.29) is 0 Å². The fourth-order valence-corrected chi connectivity index (χ4v) is 1.66. The quantitative estimate of drug-likeness (QED) is 0.546. The van der Waals surface area contributed by atoms with Crippen LogP contribution in [0, 0.1) is 11.3 Å². The van der Waals surface area contributed by atoms with E-state index in [4.69, 9.17) is 0 Å². The first-order valence-corrected chi connectivity index (χ1v) is 6.18. The lowest BCUT2D eigenvalue weighted by Gasteiger charge is -2.12. The minimum Gasteiger partial charge on any atom is -0.357 e. The van der Waals surface area contributed by atoms with E-state index < -0.39 is 0 Å². The predicted octanol–water partition coefficient (Wildman–Crippen LogP) is 1.75. The zero-order valence-corrected chi connectivity index (χ0v) is 10.1. The molecule has 0 heterocycles. The molecule has 0 radical (unpaired) electrons. The first-order chi connectivity index (χ1) is 7.13. The first kappa shape index (κ1) is 10.8. The molecule has 0 saturated heterocycles. The molecule has 3 nitrogen and oxygen atoms in total. The van der Waals surface area contributed by atoms with Gasteiger partial charge < -0.3 is 10.6 Å². The van der Waals surface area contributed by atoms with Crippen molar-refractivity contribution in [1.29, 1.82) is 0 Å². The molecule has 2 saturated carbocycles. The molecule has 2 atom stereocenters. The molecule has 2 aliphatic rings. The third-order valence-corrected chi connectivity index (χ3v) is 3.50. The zero-order chi connectivity index (χ0) is 10.9. The highest BCUT2D eigenvalue weighted by Gasteiger charge is 2.37. The van der Waals surface area contributed by atoms with Crippen LogP contribution in [0.3, 0.4) is 0 Å². The van der Waals surface area contributed by atoms with E-state index in [1.54, 1.807) is 0 Å². The Morgan fingerprint density at radius 1 is 1.47 bits per heavy atom. The molecule has 15 heavy (non-hydrogen) atoms. The molecule has 2 N–H and O–H groups in total. The average molecular weight is 209 g/mol. The van der Waals surface area contributed by atoms with E-state index in [9.17, 15) is 0 Å². The molecular formula is C12H23N3. The third kappa shape index (κ3) is 3.11. The molecule has 0 bridgehead atoms. The largest absolute Gasteiger partial charge is 0.357 e. The summed E-state index contributed by atoms with van der Waals surface area (Å²) in [6, 6.07) is 0.662. The molecule has 0 aromatic rings. The Kier molecular flexibility index (Phi) is 2.89. The lowest BCUT2D eigenvalue weighted by atomic mass is 10.1. The van der Waals surface area contributed by atoms with E-state index >= 15 is 0 Å². The Bertz CT molecular complexity index is 256. The molecule has 0 aromatic carbocycles. The van der Waals surface area contributed by atoms with E-state index in [0.717, 1.165) is 25.0 Å². The van der Waals surface area contributed by atoms with Crippen LogP contribution in [0.15, 0.2) is 4.99 Å². The summed E-state index contributed by atoms with van der Waals surface area (Å²) in [6.07, 6.45) is 3.98. The topological polar surface area (TPSA) is 36.4 Å². The van der Waals surface area contributed by atoms with Crippen molar-refractivity contribution in [3.63, 3.8) is 0 Å². The fraction of sp³-hybridized carbons (Fsp3) is 0.917. The number of rotatable bonds is 4. The van der Waals surface area contributed by atoms with Crippen molar-refractivity contribution < 1.29 is 0 Å². The number of guanidine groups is 1. The molecule has 2 rings (SSSR count). The van der Waals surface area contributed by atoms with Crippen LogP contribution in [0.2, 0.25) is 0 Å². The van der Waals surface area contributed by atoms with Crippen LogP contribution in [-0.4, -0.2) is 25.1 Å². The Hall–Kier alpha value is -0.730. The van der Waals surface area contributed by atoms with Gasteiger partial charge in [0.1, 0.15) is 0 Å². The Balaban J connectivity index is 1.81. The molecule has 0 spiro atoms. The monoisotopic (exact) mass is 209 g/mol. The van der Waals surface area contributed by atoms with Gasteiger partial charge in [-0.3, -0.25) is 4.99 Å². The summed E-state index contributed by atoms with van der Waals surface area (Å²) >= 11 is 0. The van der Waals surface area contributed by atoms with Crippen molar-refractivity contribution in [1.82, 2.24) is 10.6 Å². The lowest BCUT2D eigenvalue weighted by molar-refractivity contribution is 0.584. The van der Waals surface area contributed by atoms with E-state index in [0.29, 0.717) is 11.5 Å². The second-order valence-corrected chi connectivity index (χ2v) is 5.47. The maximum absolute atomic E-state index is 4.66. The Labute approximate surface area is 92.7 Å². The van der Waals surface area contributed by atoms with Crippen molar-refractivity contribution in [3.8, 4) is 0 Å². The van der Waals surface area contributed by atoms with Gasteiger partial charge in [0.05, 0.1) is 0 Å². The van der Waals surface area contributed by atoms with Crippen LogP contribution in [-0.2, 0) is 0 Å². The lowest BCUT2D eigenvalue weighted by Crippen LogP contribution is -2.39. The minimum atomic E-state index is 0.511. The number of nitrogens with zero attached hydrogens (tertiary/aromatic N) is 1. The van der Waals surface area contributed by atoms with Gasteiger partial charge in [-0.2, -0.15) is 0 Å². The normalized spacial score (nSPS) is 32.3. The standard InChI is InChI=1S/C12H23N3/c1-4-13-11(15-10-7-9(10)2)14-8-12(3)5-6-12/h9-10H,4-8H2,1-3H3,(H2,13,14,15). The molecular weight excluding hydrogens is 186 g/mol. The predicted molar refractivity (Wildman–Crippen MR) is 64.0 cm³/mol. The number of nitrogens with one attached hydrogen (secondary N) is 2. The van der Waals surface area contributed by atoms with Gasteiger partial charge in [-0.25, -0.2) is 0 Å². The SMILES string of the molecule is CCNC(=NCC1(C)CC1)NC1CC1C. The highest BCUT2D eigenvalue weighted by molar-refractivity contribution is 5.80. The van der Waals surface area contributed by atoms with Crippen LogP contribution in [0.25, 0.3) is 0 Å². The molecule has 2 aliphatic carbocycles. The summed E-state index contributed by atoms with van der Waals surface area (Å²) in [6.45, 7) is 8.64. The van der Waals surface area contributed by atoms with Crippen molar-refractivity contribution in [3.05, 3.63) is 0 Å². The maximum Gasteiger partial charge on any atom is 0.191 e. The van der Waals surface area contributed by atoms with Crippen molar-refractivity contribution in [2.45, 2.75) is 46.1 Å². The maximum atomic E-state index is 4.66. The second-order valence-electron chi connectivity index (χ2n) is 5.47. The summed E-state index contributed by atoms with van der Waals surface area (Å²) in [7, 11) is 0. The average Bonchev–Trinajstić information content (AvgIpc) is 3.07. The van der Waals surface area contributed by atoms with E-state index in [1.165, 1.54) is 19.3 Å². The Morgan fingerprint density at radius 3 is 2.60 bits per heavy atom. The molecule has 0 amide bonds. The van der Waals surface area contributed by atoms with Gasteiger partial charge in [0.15, 0.2) is 5.96 Å². The first-order valence-electron chi connectivity index (χ1n) is 6.18. The van der Waals surface area contributed by atoms with Gasteiger partial charge in [-0.05, 0) is 37.5 Å². The van der Waals surface area contributed by atoms with Crippen LogP contribution >= 0.6 is 0 Å². The number of hydrogen-bond donors (Lipinski definition) is 2. The molecule has 2 fully saturated rings. The summed E-state index contributed by atoms with van der Waals surface area (Å²) in [5.74, 6) is 1.84. The molecule has 0 aliphatic heterocycles. The summed E-state index contributed by atoms with van der Waals surface area (Å²) < 4.78 is 0. The molecule has 86 valence electrons. The van der Waals surface area contributed by atoms with E-state index in [2.05, 4.69) is 36.4 Å². The summed E-state index contributed by atoms with van der Waals surface area (Å²) in [5, 5.41) is 6.79. The molecule has 3 heteroatoms. The van der Waals surface area contributed by atoms with Gasteiger partial charge in [0.2, 0.25) is 0 Å². The number of hydrogen-bond acceptors (Lipinski definition) is 1. The van der Waals surface area contributed by atoms with Crippen LogP contribution in [0.1, 0.15) is 40.0 Å². The Morgan fingerprint density at radius 2 is 2.13 bits per heavy atom. The highest BCUT2D eigenvalue weighted by Crippen LogP contribution is 2.45. The minimum absolute atomic E-state index is 0.511. The zero-order valence-electron chi connectivity index (χ0n) is 10.1. The molecule has 0 aromatic heterocycles. The number of aliphatic imine (C=N–C) groups is 1. The van der Waals surface area contributed by atoms with Gasteiger partial charge in [-0.1, -0.05) is 13.8 Å².